The van der Waals surface area contributed by atoms with Crippen molar-refractivity contribution in [3.8, 4) is 5.69 Å². The second kappa shape index (κ2) is 6.90. The lowest BCUT2D eigenvalue weighted by Gasteiger charge is -2.08. The van der Waals surface area contributed by atoms with Crippen LogP contribution in [0.5, 0.6) is 0 Å². The van der Waals surface area contributed by atoms with Gasteiger partial charge in [-0.3, -0.25) is 9.48 Å². The van der Waals surface area contributed by atoms with Crippen LogP contribution in [0.4, 0.5) is 10.2 Å². The molecule has 3 aromatic rings. The molecule has 0 spiro atoms. The molecule has 124 valence electrons. The van der Waals surface area contributed by atoms with Crippen LogP contribution in [0.3, 0.4) is 0 Å². The number of nitrogens with one attached hydrogen (secondary N) is 2. The molecule has 0 atom stereocenters. The molecular weight excluding hydrogens is 313 g/mol. The molecule has 2 aromatic heterocycles. The van der Waals surface area contributed by atoms with E-state index >= 15 is 0 Å². The van der Waals surface area contributed by atoms with E-state index in [9.17, 15) is 9.18 Å². The van der Waals surface area contributed by atoms with Crippen molar-refractivity contribution in [2.45, 2.75) is 0 Å². The summed E-state index contributed by atoms with van der Waals surface area (Å²) in [5.41, 5.74) is 0.482. The number of hydrogen-bond acceptors (Lipinski definition) is 5. The predicted molar refractivity (Wildman–Crippen MR) is 85.3 cm³/mol. The van der Waals surface area contributed by atoms with Gasteiger partial charge < -0.3 is 10.6 Å². The molecule has 0 saturated heterocycles. The maximum Gasteiger partial charge on any atom is 0.251 e. The van der Waals surface area contributed by atoms with Crippen molar-refractivity contribution in [3.63, 3.8) is 0 Å². The summed E-state index contributed by atoms with van der Waals surface area (Å²) in [5, 5.41) is 13.8. The maximum absolute atomic E-state index is 14.1. The van der Waals surface area contributed by atoms with Crippen LogP contribution >= 0.6 is 0 Å². The predicted octanol–water partition coefficient (Wildman–Crippen LogP) is 0.982. The topological polar surface area (TPSA) is 89.7 Å². The molecule has 0 aliphatic carbocycles. The van der Waals surface area contributed by atoms with E-state index in [-0.39, 0.29) is 17.2 Å². The molecule has 0 radical (unpaired) electrons. The summed E-state index contributed by atoms with van der Waals surface area (Å²) in [5.74, 6) is -0.156. The van der Waals surface area contributed by atoms with E-state index in [2.05, 4.69) is 25.8 Å². The molecule has 1 amide bonds. The largest absolute Gasteiger partial charge is 0.367 e. The average molecular weight is 329 g/mol. The van der Waals surface area contributed by atoms with Crippen LogP contribution in [-0.4, -0.2) is 43.5 Å². The van der Waals surface area contributed by atoms with E-state index in [1.807, 2.05) is 19.3 Å². The van der Waals surface area contributed by atoms with Gasteiger partial charge in [-0.05, 0) is 18.2 Å². The second-order valence-electron chi connectivity index (χ2n) is 5.06. The Morgan fingerprint density at radius 3 is 2.83 bits per heavy atom. The number of carbonyl (C=O) groups is 1. The highest BCUT2D eigenvalue weighted by molar-refractivity contribution is 5.94. The second-order valence-corrected chi connectivity index (χ2v) is 5.06. The number of benzene rings is 1. The summed E-state index contributed by atoms with van der Waals surface area (Å²) >= 11 is 0. The number of aromatic nitrogens is 5. The fourth-order valence-electron chi connectivity index (χ4n) is 2.14. The molecule has 8 nitrogen and oxygen atoms in total. The summed E-state index contributed by atoms with van der Waals surface area (Å²) in [6.45, 7) is 0.907. The first-order valence-corrected chi connectivity index (χ1v) is 7.30. The molecule has 0 saturated carbocycles. The molecule has 1 aromatic carbocycles. The van der Waals surface area contributed by atoms with Gasteiger partial charge in [0.05, 0.1) is 0 Å². The first-order chi connectivity index (χ1) is 11.6. The summed E-state index contributed by atoms with van der Waals surface area (Å²) in [4.78, 5) is 15.8. The van der Waals surface area contributed by atoms with E-state index in [0.717, 1.165) is 5.82 Å². The van der Waals surface area contributed by atoms with Crippen molar-refractivity contribution in [2.24, 2.45) is 7.05 Å². The van der Waals surface area contributed by atoms with Crippen LogP contribution in [0.25, 0.3) is 5.69 Å². The van der Waals surface area contributed by atoms with Crippen LogP contribution in [-0.2, 0) is 7.05 Å². The van der Waals surface area contributed by atoms with Gasteiger partial charge in [-0.1, -0.05) is 0 Å². The van der Waals surface area contributed by atoms with Crippen molar-refractivity contribution >= 4 is 11.7 Å². The highest BCUT2D eigenvalue weighted by Gasteiger charge is 2.11. The van der Waals surface area contributed by atoms with Crippen molar-refractivity contribution in [1.82, 2.24) is 29.9 Å². The molecule has 0 fully saturated rings. The van der Waals surface area contributed by atoms with Crippen molar-refractivity contribution in [2.75, 3.05) is 18.4 Å². The summed E-state index contributed by atoms with van der Waals surface area (Å²) in [7, 11) is 1.82. The number of hydrogen-bond donors (Lipinski definition) is 2. The number of aryl methyl sites for hydroxylation is 1. The Kier molecular flexibility index (Phi) is 4.50. The third kappa shape index (κ3) is 3.57. The van der Waals surface area contributed by atoms with Gasteiger partial charge in [0.15, 0.2) is 0 Å². The van der Waals surface area contributed by atoms with E-state index < -0.39 is 5.82 Å². The van der Waals surface area contributed by atoms with Crippen LogP contribution < -0.4 is 10.6 Å². The van der Waals surface area contributed by atoms with Gasteiger partial charge in [0.1, 0.15) is 30.0 Å². The lowest BCUT2D eigenvalue weighted by molar-refractivity contribution is 0.0954. The van der Waals surface area contributed by atoms with Gasteiger partial charge in [0.25, 0.3) is 5.91 Å². The van der Waals surface area contributed by atoms with Crippen LogP contribution in [0.1, 0.15) is 10.4 Å². The first kappa shape index (κ1) is 15.7. The Labute approximate surface area is 137 Å². The number of nitrogens with zero attached hydrogens (tertiary/aromatic N) is 5. The Balaban J connectivity index is 1.54. The minimum Gasteiger partial charge on any atom is -0.367 e. The van der Waals surface area contributed by atoms with Gasteiger partial charge in [0.2, 0.25) is 0 Å². The van der Waals surface area contributed by atoms with E-state index in [1.54, 1.807) is 10.7 Å². The van der Waals surface area contributed by atoms with Gasteiger partial charge in [-0.25, -0.2) is 14.1 Å². The molecule has 0 bridgehead atoms. The third-order valence-electron chi connectivity index (χ3n) is 3.31. The van der Waals surface area contributed by atoms with Crippen molar-refractivity contribution in [1.29, 1.82) is 0 Å². The standard InChI is InChI=1S/C15H16FN7O/c1-22-7-4-14(21-22)18-5-6-19-15(24)11-2-3-13(12(16)8-11)23-10-17-9-20-23/h2-4,7-10H,5-6H2,1H3,(H,18,21)(H,19,24). The van der Waals surface area contributed by atoms with Gasteiger partial charge in [-0.15, -0.1) is 0 Å². The molecule has 24 heavy (non-hydrogen) atoms. The molecule has 0 aliphatic rings. The van der Waals surface area contributed by atoms with Crippen molar-refractivity contribution in [3.05, 3.63) is 54.5 Å². The third-order valence-corrected chi connectivity index (χ3v) is 3.31. The van der Waals surface area contributed by atoms with E-state index in [4.69, 9.17) is 0 Å². The maximum atomic E-state index is 14.1. The Morgan fingerprint density at radius 1 is 1.29 bits per heavy atom. The van der Waals surface area contributed by atoms with Crippen molar-refractivity contribution < 1.29 is 9.18 Å². The molecule has 0 unspecified atom stereocenters. The normalized spacial score (nSPS) is 10.6. The molecule has 3 rings (SSSR count). The molecular formula is C15H16FN7O. The smallest absolute Gasteiger partial charge is 0.251 e. The highest BCUT2D eigenvalue weighted by Crippen LogP contribution is 2.13. The zero-order chi connectivity index (χ0) is 16.9. The van der Waals surface area contributed by atoms with Crippen LogP contribution in [0, 0.1) is 5.82 Å². The molecule has 2 heterocycles. The number of rotatable bonds is 6. The fraction of sp³-hybridized carbons (Fsp3) is 0.200. The zero-order valence-electron chi connectivity index (χ0n) is 13.0. The van der Waals surface area contributed by atoms with E-state index in [0.29, 0.717) is 13.1 Å². The van der Waals surface area contributed by atoms with Gasteiger partial charge in [0, 0.05) is 38.0 Å². The average Bonchev–Trinajstić information content (AvgIpc) is 3.23. The van der Waals surface area contributed by atoms with Crippen LogP contribution in [0.2, 0.25) is 0 Å². The molecule has 2 N–H and O–H groups in total. The Morgan fingerprint density at radius 2 is 2.17 bits per heavy atom. The molecule has 0 aliphatic heterocycles. The minimum atomic E-state index is -0.542. The van der Waals surface area contributed by atoms with Crippen LogP contribution in [0.15, 0.2) is 43.1 Å². The Hall–Kier alpha value is -3.23. The SMILES string of the molecule is Cn1ccc(NCCNC(=O)c2ccc(-n3cncn3)c(F)c2)n1. The Bertz CT molecular complexity index is 828. The fourth-order valence-corrected chi connectivity index (χ4v) is 2.14. The zero-order valence-corrected chi connectivity index (χ0v) is 13.0. The monoisotopic (exact) mass is 329 g/mol. The minimum absolute atomic E-state index is 0.237. The lowest BCUT2D eigenvalue weighted by Crippen LogP contribution is -2.29. The van der Waals surface area contributed by atoms with Gasteiger partial charge in [-0.2, -0.15) is 10.2 Å². The summed E-state index contributed by atoms with van der Waals surface area (Å²) in [6, 6.07) is 6.05. The van der Waals surface area contributed by atoms with E-state index in [1.165, 1.54) is 29.5 Å². The number of halogens is 1. The quantitative estimate of drug-likeness (QED) is 0.658. The van der Waals surface area contributed by atoms with Gasteiger partial charge >= 0.3 is 0 Å². The lowest BCUT2D eigenvalue weighted by atomic mass is 10.2. The summed E-state index contributed by atoms with van der Waals surface area (Å²) in [6.07, 6.45) is 4.52. The summed E-state index contributed by atoms with van der Waals surface area (Å²) < 4.78 is 17.1. The number of anilines is 1. The number of amides is 1. The molecule has 9 heteroatoms. The number of carbonyl (C=O) groups excluding carboxylic acids is 1. The first-order valence-electron chi connectivity index (χ1n) is 7.30. The highest BCUT2D eigenvalue weighted by atomic mass is 19.1.